The second-order valence-corrected chi connectivity index (χ2v) is 6.61. The van der Waals surface area contributed by atoms with E-state index in [1.54, 1.807) is 16.8 Å². The molecule has 1 unspecified atom stereocenters. The van der Waals surface area contributed by atoms with Crippen molar-refractivity contribution < 1.29 is 14.7 Å². The standard InChI is InChI=1S/C20H22N4O3.ClH/c1-23-17(12-24(20(23)27)11-10-18(25)26)15-6-2-13(3-7-15)14-4-8-16(9-5-14)19(21)22;/h2-9,17H,10-12H2,1H3,(H3,21,22)(H,25,26);1H. The Morgan fingerprint density at radius 3 is 2.18 bits per heavy atom. The van der Waals surface area contributed by atoms with Crippen LogP contribution in [0.1, 0.15) is 23.6 Å². The quantitative estimate of drug-likeness (QED) is 0.509. The number of amidine groups is 1. The monoisotopic (exact) mass is 402 g/mol. The van der Waals surface area contributed by atoms with Crippen LogP contribution in [0.4, 0.5) is 4.79 Å². The van der Waals surface area contributed by atoms with E-state index in [9.17, 15) is 9.59 Å². The molecule has 1 fully saturated rings. The average Bonchev–Trinajstić information content (AvgIpc) is 2.95. The summed E-state index contributed by atoms with van der Waals surface area (Å²) < 4.78 is 0. The number of amides is 2. The molecule has 0 spiro atoms. The number of nitrogens with two attached hydrogens (primary N) is 1. The van der Waals surface area contributed by atoms with E-state index in [4.69, 9.17) is 16.2 Å². The number of halogens is 1. The molecule has 28 heavy (non-hydrogen) atoms. The van der Waals surface area contributed by atoms with Gasteiger partial charge < -0.3 is 20.6 Å². The molecule has 2 amide bonds. The lowest BCUT2D eigenvalue weighted by molar-refractivity contribution is -0.137. The van der Waals surface area contributed by atoms with Crippen LogP contribution in [-0.2, 0) is 4.79 Å². The number of carboxylic acid groups (broad SMARTS) is 1. The van der Waals surface area contributed by atoms with Crippen molar-refractivity contribution in [2.45, 2.75) is 12.5 Å². The van der Waals surface area contributed by atoms with Gasteiger partial charge in [-0.1, -0.05) is 48.5 Å². The molecule has 4 N–H and O–H groups in total. The lowest BCUT2D eigenvalue weighted by atomic mass is 9.99. The van der Waals surface area contributed by atoms with Gasteiger partial charge >= 0.3 is 12.0 Å². The van der Waals surface area contributed by atoms with Gasteiger partial charge in [0, 0.05) is 25.7 Å². The van der Waals surface area contributed by atoms with E-state index in [0.717, 1.165) is 16.7 Å². The molecule has 0 saturated carbocycles. The van der Waals surface area contributed by atoms with E-state index in [-0.39, 0.29) is 43.3 Å². The highest BCUT2D eigenvalue weighted by Gasteiger charge is 2.35. The van der Waals surface area contributed by atoms with Crippen molar-refractivity contribution in [3.63, 3.8) is 0 Å². The third kappa shape index (κ3) is 4.43. The molecule has 1 atom stereocenters. The number of hydrogen-bond acceptors (Lipinski definition) is 3. The van der Waals surface area contributed by atoms with Crippen LogP contribution in [0.15, 0.2) is 48.5 Å². The Morgan fingerprint density at radius 2 is 1.68 bits per heavy atom. The zero-order valence-corrected chi connectivity index (χ0v) is 16.3. The summed E-state index contributed by atoms with van der Waals surface area (Å²) in [5.41, 5.74) is 9.22. The Balaban J connectivity index is 0.00000280. The van der Waals surface area contributed by atoms with Crippen molar-refractivity contribution in [3.8, 4) is 11.1 Å². The fourth-order valence-corrected chi connectivity index (χ4v) is 3.25. The first-order valence-electron chi connectivity index (χ1n) is 8.65. The van der Waals surface area contributed by atoms with Crippen molar-refractivity contribution in [1.29, 1.82) is 5.41 Å². The molecule has 0 radical (unpaired) electrons. The molecule has 1 saturated heterocycles. The lowest BCUT2D eigenvalue weighted by Crippen LogP contribution is -2.31. The number of hydrogen-bond donors (Lipinski definition) is 3. The van der Waals surface area contributed by atoms with Crippen molar-refractivity contribution in [2.24, 2.45) is 5.73 Å². The Kier molecular flexibility index (Phi) is 6.64. The number of carbonyl (C=O) groups excluding carboxylic acids is 1. The molecule has 1 heterocycles. The summed E-state index contributed by atoms with van der Waals surface area (Å²) in [5, 5.41) is 16.3. The van der Waals surface area contributed by atoms with Crippen LogP contribution in [-0.4, -0.2) is 52.9 Å². The molecular formula is C20H23ClN4O3. The van der Waals surface area contributed by atoms with Crippen LogP contribution < -0.4 is 5.73 Å². The number of carboxylic acids is 1. The zero-order valence-electron chi connectivity index (χ0n) is 15.5. The summed E-state index contributed by atoms with van der Waals surface area (Å²) in [6.07, 6.45) is -0.0541. The maximum absolute atomic E-state index is 12.3. The molecular weight excluding hydrogens is 380 g/mol. The largest absolute Gasteiger partial charge is 0.481 e. The number of benzene rings is 2. The molecule has 0 bridgehead atoms. The van der Waals surface area contributed by atoms with E-state index in [2.05, 4.69) is 0 Å². The topological polar surface area (TPSA) is 111 Å². The summed E-state index contributed by atoms with van der Waals surface area (Å²) >= 11 is 0. The summed E-state index contributed by atoms with van der Waals surface area (Å²) in [4.78, 5) is 26.3. The normalized spacial score (nSPS) is 16.0. The molecule has 1 aliphatic rings. The van der Waals surface area contributed by atoms with Gasteiger partial charge in [-0.25, -0.2) is 4.79 Å². The van der Waals surface area contributed by atoms with Gasteiger partial charge in [-0.3, -0.25) is 10.2 Å². The van der Waals surface area contributed by atoms with Gasteiger partial charge in [-0.15, -0.1) is 12.4 Å². The van der Waals surface area contributed by atoms with E-state index in [1.807, 2.05) is 48.5 Å². The third-order valence-electron chi connectivity index (χ3n) is 4.85. The molecule has 2 aromatic rings. The average molecular weight is 403 g/mol. The van der Waals surface area contributed by atoms with Crippen LogP contribution in [0, 0.1) is 5.41 Å². The lowest BCUT2D eigenvalue weighted by Gasteiger charge is -2.18. The smallest absolute Gasteiger partial charge is 0.320 e. The Labute approximate surface area is 169 Å². The summed E-state index contributed by atoms with van der Waals surface area (Å²) in [6, 6.07) is 15.2. The minimum atomic E-state index is -0.908. The van der Waals surface area contributed by atoms with Crippen molar-refractivity contribution in [2.75, 3.05) is 20.1 Å². The molecule has 2 aromatic carbocycles. The van der Waals surface area contributed by atoms with Crippen LogP contribution in [0.3, 0.4) is 0 Å². The highest BCUT2D eigenvalue weighted by Crippen LogP contribution is 2.30. The fraction of sp³-hybridized carbons (Fsp3) is 0.250. The number of nitrogen functional groups attached to an aromatic ring is 1. The van der Waals surface area contributed by atoms with Crippen molar-refractivity contribution in [1.82, 2.24) is 9.80 Å². The second kappa shape index (κ2) is 8.75. The van der Waals surface area contributed by atoms with Gasteiger partial charge in [0.25, 0.3) is 0 Å². The highest BCUT2D eigenvalue weighted by atomic mass is 35.5. The van der Waals surface area contributed by atoms with Gasteiger partial charge in [0.15, 0.2) is 0 Å². The highest BCUT2D eigenvalue weighted by molar-refractivity contribution is 5.95. The van der Waals surface area contributed by atoms with E-state index >= 15 is 0 Å². The summed E-state index contributed by atoms with van der Waals surface area (Å²) in [6.45, 7) is 0.699. The number of nitrogens with one attached hydrogen (secondary N) is 1. The first kappa shape index (κ1) is 21.2. The van der Waals surface area contributed by atoms with Gasteiger partial charge in [0.05, 0.1) is 12.5 Å². The van der Waals surface area contributed by atoms with Crippen molar-refractivity contribution >= 4 is 30.2 Å². The van der Waals surface area contributed by atoms with Gasteiger partial charge in [0.1, 0.15) is 5.84 Å². The predicted molar refractivity (Wildman–Crippen MR) is 110 cm³/mol. The maximum atomic E-state index is 12.3. The molecule has 3 rings (SSSR count). The van der Waals surface area contributed by atoms with Crippen LogP contribution in [0.25, 0.3) is 11.1 Å². The number of urea groups is 1. The molecule has 0 aliphatic carbocycles. The van der Waals surface area contributed by atoms with Crippen molar-refractivity contribution in [3.05, 3.63) is 59.7 Å². The molecule has 1 aliphatic heterocycles. The fourth-order valence-electron chi connectivity index (χ4n) is 3.25. The first-order valence-corrected chi connectivity index (χ1v) is 8.65. The SMILES string of the molecule is CN1C(=O)N(CCC(=O)O)CC1c1ccc(-c2ccc(C(=N)N)cc2)cc1.Cl. The van der Waals surface area contributed by atoms with Crippen LogP contribution in [0.2, 0.25) is 0 Å². The maximum Gasteiger partial charge on any atom is 0.320 e. The molecule has 8 heteroatoms. The van der Waals surface area contributed by atoms with Gasteiger partial charge in [-0.05, 0) is 16.7 Å². The summed E-state index contributed by atoms with van der Waals surface area (Å²) in [5.74, 6) is -0.868. The van der Waals surface area contributed by atoms with Gasteiger partial charge in [-0.2, -0.15) is 0 Å². The number of rotatable bonds is 6. The Hall–Kier alpha value is -3.06. The second-order valence-electron chi connectivity index (χ2n) is 6.61. The first-order chi connectivity index (χ1) is 12.9. The molecule has 148 valence electrons. The van der Waals surface area contributed by atoms with Crippen LogP contribution in [0.5, 0.6) is 0 Å². The number of nitrogens with zero attached hydrogens (tertiary/aromatic N) is 2. The van der Waals surface area contributed by atoms with E-state index < -0.39 is 5.97 Å². The number of carbonyl (C=O) groups is 2. The minimum Gasteiger partial charge on any atom is -0.481 e. The predicted octanol–water partition coefficient (Wildman–Crippen LogP) is 2.94. The molecule has 0 aromatic heterocycles. The third-order valence-corrected chi connectivity index (χ3v) is 4.85. The van der Waals surface area contributed by atoms with E-state index in [1.165, 1.54) is 0 Å². The number of likely N-dealkylation sites (N-methyl/N-ethyl adjacent to an activating group) is 1. The Bertz CT molecular complexity index is 868. The zero-order chi connectivity index (χ0) is 19.6. The van der Waals surface area contributed by atoms with Crippen LogP contribution >= 0.6 is 12.4 Å². The van der Waals surface area contributed by atoms with Gasteiger partial charge in [0.2, 0.25) is 0 Å². The Morgan fingerprint density at radius 1 is 1.14 bits per heavy atom. The summed E-state index contributed by atoms with van der Waals surface area (Å²) in [7, 11) is 1.74. The minimum absolute atomic E-state index is 0. The number of aliphatic carboxylic acids is 1. The molecule has 7 nitrogen and oxygen atoms in total. The van der Waals surface area contributed by atoms with E-state index in [0.29, 0.717) is 12.1 Å².